The van der Waals surface area contributed by atoms with Crippen LogP contribution in [0.4, 0.5) is 4.79 Å². The minimum absolute atomic E-state index is 0.140. The van der Waals surface area contributed by atoms with Crippen LogP contribution in [0.2, 0.25) is 0 Å². The molecule has 7 nitrogen and oxygen atoms in total. The third-order valence-electron chi connectivity index (χ3n) is 6.04. The molecular weight excluding hydrogens is 412 g/mol. The lowest BCUT2D eigenvalue weighted by atomic mass is 9.73. The van der Waals surface area contributed by atoms with Gasteiger partial charge in [-0.3, -0.25) is 19.5 Å². The van der Waals surface area contributed by atoms with Crippen LogP contribution in [-0.2, 0) is 21.5 Å². The number of rotatable bonds is 5. The average molecular weight is 437 g/mol. The topological polar surface area (TPSA) is 82.6 Å². The summed E-state index contributed by atoms with van der Waals surface area (Å²) in [4.78, 5) is 47.2. The second-order valence-corrected chi connectivity index (χ2v) is 8.74. The number of urea groups is 1. The monoisotopic (exact) mass is 436 g/mol. The van der Waals surface area contributed by atoms with Crippen molar-refractivity contribution in [3.05, 3.63) is 52.5 Å². The molecule has 4 amide bonds. The summed E-state index contributed by atoms with van der Waals surface area (Å²) in [6.45, 7) is 2.97. The molecule has 0 spiro atoms. The van der Waals surface area contributed by atoms with Crippen molar-refractivity contribution in [1.29, 1.82) is 0 Å². The fourth-order valence-corrected chi connectivity index (χ4v) is 5.18. The molecule has 0 aliphatic carbocycles. The zero-order valence-electron chi connectivity index (χ0n) is 17.3. The highest BCUT2D eigenvalue weighted by Gasteiger charge is 2.57. The molecule has 2 saturated heterocycles. The van der Waals surface area contributed by atoms with Gasteiger partial charge in [-0.2, -0.15) is 0 Å². The number of carbonyl (C=O) groups is 3. The van der Waals surface area contributed by atoms with Crippen LogP contribution in [0.25, 0.3) is 0 Å². The minimum Gasteiger partial charge on any atom is -0.332 e. The first-order chi connectivity index (χ1) is 15.1. The number of pyridine rings is 1. The summed E-state index contributed by atoms with van der Waals surface area (Å²) in [5.41, 5.74) is -0.475. The Bertz CT molecular complexity index is 1020. The van der Waals surface area contributed by atoms with Crippen molar-refractivity contribution in [3.63, 3.8) is 0 Å². The van der Waals surface area contributed by atoms with E-state index in [0.29, 0.717) is 44.5 Å². The molecule has 2 aliphatic heterocycles. The van der Waals surface area contributed by atoms with Crippen molar-refractivity contribution in [2.45, 2.75) is 31.7 Å². The summed E-state index contributed by atoms with van der Waals surface area (Å²) in [7, 11) is 0. The number of carbonyl (C=O) groups excluding carboxylic acids is 3. The molecule has 1 unspecified atom stereocenters. The van der Waals surface area contributed by atoms with Crippen LogP contribution in [0.3, 0.4) is 0 Å². The number of imide groups is 1. The Balaban J connectivity index is 1.59. The molecule has 8 heteroatoms. The van der Waals surface area contributed by atoms with Crippen molar-refractivity contribution in [1.82, 2.24) is 20.1 Å². The summed E-state index contributed by atoms with van der Waals surface area (Å²) in [5, 5.41) is 5.01. The standard InChI is InChI=1S/C23H24N4O3S/c1-2-5-20(28)26-12-8-17(9-13-26)23(18-6-3-11-24-16-18)21(29)27(22(30)25-23)14-10-19-7-4-15-31-19/h3-4,6-7,11,15-17H,8-10,12-14H2,1H3,(H,25,30). The van der Waals surface area contributed by atoms with Crippen LogP contribution in [0.5, 0.6) is 0 Å². The number of aromatic nitrogens is 1. The smallest absolute Gasteiger partial charge is 0.325 e. The van der Waals surface area contributed by atoms with E-state index in [1.54, 1.807) is 41.6 Å². The van der Waals surface area contributed by atoms with E-state index >= 15 is 0 Å². The number of hydrogen-bond donors (Lipinski definition) is 1. The molecule has 160 valence electrons. The predicted octanol–water partition coefficient (Wildman–Crippen LogP) is 2.39. The highest BCUT2D eigenvalue weighted by Crippen LogP contribution is 2.41. The van der Waals surface area contributed by atoms with E-state index in [1.165, 1.54) is 4.90 Å². The Kier molecular flexibility index (Phi) is 6.05. The molecule has 2 aromatic rings. The van der Waals surface area contributed by atoms with Gasteiger partial charge in [-0.25, -0.2) is 4.79 Å². The van der Waals surface area contributed by atoms with E-state index in [4.69, 9.17) is 0 Å². The second-order valence-electron chi connectivity index (χ2n) is 7.71. The Morgan fingerprint density at radius 1 is 1.29 bits per heavy atom. The van der Waals surface area contributed by atoms with Crippen molar-refractivity contribution in [2.24, 2.45) is 5.92 Å². The summed E-state index contributed by atoms with van der Waals surface area (Å²) in [6, 6.07) is 7.21. The van der Waals surface area contributed by atoms with Crippen LogP contribution in [0.15, 0.2) is 42.0 Å². The molecule has 31 heavy (non-hydrogen) atoms. The van der Waals surface area contributed by atoms with Gasteiger partial charge in [0.25, 0.3) is 11.8 Å². The van der Waals surface area contributed by atoms with Gasteiger partial charge in [-0.15, -0.1) is 11.3 Å². The highest BCUT2D eigenvalue weighted by molar-refractivity contribution is 7.09. The summed E-state index contributed by atoms with van der Waals surface area (Å²) in [5.74, 6) is 4.64. The van der Waals surface area contributed by atoms with Gasteiger partial charge in [0, 0.05) is 42.5 Å². The Labute approximate surface area is 185 Å². The Hall–Kier alpha value is -3.18. The highest BCUT2D eigenvalue weighted by atomic mass is 32.1. The molecule has 2 fully saturated rings. The quantitative estimate of drug-likeness (QED) is 0.576. The largest absolute Gasteiger partial charge is 0.332 e. The minimum atomic E-state index is -1.16. The van der Waals surface area contributed by atoms with Gasteiger partial charge in [-0.1, -0.05) is 18.1 Å². The van der Waals surface area contributed by atoms with E-state index in [2.05, 4.69) is 22.1 Å². The third kappa shape index (κ3) is 3.93. The fourth-order valence-electron chi connectivity index (χ4n) is 4.48. The van der Waals surface area contributed by atoms with Crippen molar-refractivity contribution < 1.29 is 14.4 Å². The molecule has 0 radical (unpaired) electrons. The van der Waals surface area contributed by atoms with Gasteiger partial charge in [0.05, 0.1) is 0 Å². The van der Waals surface area contributed by atoms with E-state index in [-0.39, 0.29) is 23.8 Å². The van der Waals surface area contributed by atoms with E-state index in [0.717, 1.165) is 4.88 Å². The summed E-state index contributed by atoms with van der Waals surface area (Å²) in [6.07, 6.45) is 5.12. The van der Waals surface area contributed by atoms with Crippen molar-refractivity contribution >= 4 is 29.2 Å². The van der Waals surface area contributed by atoms with Crippen LogP contribution >= 0.6 is 11.3 Å². The first-order valence-electron chi connectivity index (χ1n) is 10.3. The normalized spacial score (nSPS) is 21.6. The first kappa shape index (κ1) is 21.1. The average Bonchev–Trinajstić information content (AvgIpc) is 3.40. The van der Waals surface area contributed by atoms with Gasteiger partial charge in [0.1, 0.15) is 0 Å². The SMILES string of the molecule is CC#CC(=O)N1CCC(C2(c3cccnc3)NC(=O)N(CCc3cccs3)C2=O)CC1. The maximum atomic E-state index is 13.7. The van der Waals surface area contributed by atoms with Gasteiger partial charge in [-0.05, 0) is 55.5 Å². The zero-order chi connectivity index (χ0) is 21.8. The van der Waals surface area contributed by atoms with Crippen molar-refractivity contribution in [2.75, 3.05) is 19.6 Å². The van der Waals surface area contributed by atoms with Crippen LogP contribution in [0.1, 0.15) is 30.2 Å². The first-order valence-corrected chi connectivity index (χ1v) is 11.2. The van der Waals surface area contributed by atoms with Crippen LogP contribution in [0, 0.1) is 17.8 Å². The Morgan fingerprint density at radius 2 is 2.10 bits per heavy atom. The van der Waals surface area contributed by atoms with Gasteiger partial charge in [0.2, 0.25) is 0 Å². The number of piperidine rings is 1. The molecule has 0 aromatic carbocycles. The molecule has 1 atom stereocenters. The molecular formula is C23H24N4O3S. The lowest BCUT2D eigenvalue weighted by Gasteiger charge is -2.40. The predicted molar refractivity (Wildman–Crippen MR) is 117 cm³/mol. The van der Waals surface area contributed by atoms with Gasteiger partial charge in [0.15, 0.2) is 5.54 Å². The lowest BCUT2D eigenvalue weighted by molar-refractivity contribution is -0.135. The molecule has 1 N–H and O–H groups in total. The van der Waals surface area contributed by atoms with E-state index < -0.39 is 5.54 Å². The van der Waals surface area contributed by atoms with Crippen LogP contribution in [-0.4, -0.2) is 52.3 Å². The maximum Gasteiger partial charge on any atom is 0.325 e. The third-order valence-corrected chi connectivity index (χ3v) is 6.97. The van der Waals surface area contributed by atoms with E-state index in [9.17, 15) is 14.4 Å². The number of amides is 4. The second kappa shape index (κ2) is 8.90. The van der Waals surface area contributed by atoms with E-state index in [1.807, 2.05) is 23.6 Å². The molecule has 2 aliphatic rings. The van der Waals surface area contributed by atoms with Crippen molar-refractivity contribution in [3.8, 4) is 11.8 Å². The van der Waals surface area contributed by atoms with Gasteiger partial charge >= 0.3 is 6.03 Å². The van der Waals surface area contributed by atoms with Gasteiger partial charge < -0.3 is 10.2 Å². The number of nitrogens with one attached hydrogen (secondary N) is 1. The zero-order valence-corrected chi connectivity index (χ0v) is 18.2. The molecule has 0 saturated carbocycles. The maximum absolute atomic E-state index is 13.7. The molecule has 0 bridgehead atoms. The Morgan fingerprint density at radius 3 is 2.74 bits per heavy atom. The summed E-state index contributed by atoms with van der Waals surface area (Å²) < 4.78 is 0. The number of nitrogens with zero attached hydrogens (tertiary/aromatic N) is 3. The number of hydrogen-bond acceptors (Lipinski definition) is 5. The molecule has 4 rings (SSSR count). The fraction of sp³-hybridized carbons (Fsp3) is 0.391. The molecule has 2 aromatic heterocycles. The number of likely N-dealkylation sites (tertiary alicyclic amines) is 1. The molecule has 4 heterocycles. The summed E-state index contributed by atoms with van der Waals surface area (Å²) >= 11 is 1.61. The van der Waals surface area contributed by atoms with Crippen LogP contribution < -0.4 is 5.32 Å². The lowest BCUT2D eigenvalue weighted by Crippen LogP contribution is -2.54. The number of thiophene rings is 1.